The lowest BCUT2D eigenvalue weighted by Crippen LogP contribution is -2.14. The Labute approximate surface area is 175 Å². The van der Waals surface area contributed by atoms with Crippen LogP contribution in [0.4, 0.5) is 5.69 Å². The van der Waals surface area contributed by atoms with Gasteiger partial charge in [0.15, 0.2) is 5.82 Å². The third-order valence-corrected chi connectivity index (χ3v) is 6.92. The average Bonchev–Trinajstić information content (AvgIpc) is 3.01. The Morgan fingerprint density at radius 2 is 1.63 bits per heavy atom. The van der Waals surface area contributed by atoms with Crippen LogP contribution in [0.2, 0.25) is 0 Å². The van der Waals surface area contributed by atoms with Crippen molar-refractivity contribution in [3.63, 3.8) is 0 Å². The first-order valence-corrected chi connectivity index (χ1v) is 11.6. The highest BCUT2D eigenvalue weighted by Gasteiger charge is 2.21. The first-order chi connectivity index (χ1) is 14.6. The van der Waals surface area contributed by atoms with Crippen LogP contribution in [-0.4, -0.2) is 23.2 Å². The normalized spacial score (nSPS) is 14.3. The minimum atomic E-state index is -3.75. The number of nitrogens with one attached hydrogen (secondary N) is 1. The van der Waals surface area contributed by atoms with Crippen LogP contribution in [0.5, 0.6) is 0 Å². The lowest BCUT2D eigenvalue weighted by Gasteiger charge is -2.14. The summed E-state index contributed by atoms with van der Waals surface area (Å²) in [6, 6.07) is 20.2. The van der Waals surface area contributed by atoms with E-state index < -0.39 is 10.0 Å². The van der Waals surface area contributed by atoms with Gasteiger partial charge in [0.05, 0.1) is 10.6 Å². The van der Waals surface area contributed by atoms with Crippen molar-refractivity contribution >= 4 is 26.5 Å². The molecule has 0 aliphatic carbocycles. The topological polar surface area (TPSA) is 76.9 Å². The molecule has 7 heteroatoms. The van der Waals surface area contributed by atoms with Crippen molar-refractivity contribution in [1.82, 2.24) is 14.8 Å². The Bertz CT molecular complexity index is 1330. The van der Waals surface area contributed by atoms with E-state index in [1.807, 2.05) is 48.5 Å². The zero-order valence-electron chi connectivity index (χ0n) is 16.5. The number of anilines is 1. The maximum Gasteiger partial charge on any atom is 0.261 e. The second-order valence-corrected chi connectivity index (χ2v) is 9.24. The van der Waals surface area contributed by atoms with Crippen LogP contribution in [0.3, 0.4) is 0 Å². The molecule has 2 heterocycles. The average molecular weight is 419 g/mol. The van der Waals surface area contributed by atoms with Crippen LogP contribution in [0, 0.1) is 0 Å². The van der Waals surface area contributed by atoms with E-state index in [4.69, 9.17) is 0 Å². The molecule has 6 nitrogen and oxygen atoms in total. The van der Waals surface area contributed by atoms with Gasteiger partial charge in [-0.3, -0.25) is 4.72 Å². The Hall–Kier alpha value is -3.19. The highest BCUT2D eigenvalue weighted by molar-refractivity contribution is 7.92. The number of aromatic nitrogens is 3. The van der Waals surface area contributed by atoms with Crippen molar-refractivity contribution in [2.75, 3.05) is 4.72 Å². The molecule has 3 aromatic carbocycles. The number of para-hydroxylation sites is 1. The molecule has 0 atom stereocenters. The van der Waals surface area contributed by atoms with Crippen molar-refractivity contribution in [2.24, 2.45) is 0 Å². The van der Waals surface area contributed by atoms with Crippen molar-refractivity contribution in [3.05, 3.63) is 72.6 Å². The van der Waals surface area contributed by atoms with Gasteiger partial charge in [-0.2, -0.15) is 0 Å². The number of benzene rings is 3. The van der Waals surface area contributed by atoms with E-state index >= 15 is 0 Å². The fourth-order valence-electron chi connectivity index (χ4n) is 3.99. The minimum Gasteiger partial charge on any atom is -0.311 e. The molecule has 5 rings (SSSR count). The second kappa shape index (κ2) is 7.57. The molecule has 1 aliphatic rings. The van der Waals surface area contributed by atoms with Crippen LogP contribution < -0.4 is 4.72 Å². The molecule has 4 aromatic rings. The van der Waals surface area contributed by atoms with E-state index in [9.17, 15) is 8.42 Å². The third kappa shape index (κ3) is 3.45. The highest BCUT2D eigenvalue weighted by Crippen LogP contribution is 2.31. The van der Waals surface area contributed by atoms with Gasteiger partial charge in [-0.1, -0.05) is 48.9 Å². The van der Waals surface area contributed by atoms with Crippen LogP contribution in [0.25, 0.3) is 22.2 Å². The molecule has 152 valence electrons. The maximum atomic E-state index is 13.2. The summed E-state index contributed by atoms with van der Waals surface area (Å²) in [4.78, 5) is 0.232. The van der Waals surface area contributed by atoms with Gasteiger partial charge in [-0.15, -0.1) is 10.2 Å². The monoisotopic (exact) mass is 418 g/mol. The number of hydrogen-bond donors (Lipinski definition) is 1. The lowest BCUT2D eigenvalue weighted by atomic mass is 10.1. The first-order valence-electron chi connectivity index (χ1n) is 10.1. The molecule has 1 N–H and O–H groups in total. The molecular formula is C23H22N4O2S. The molecule has 0 radical (unpaired) electrons. The number of fused-ring (bicyclic) bond motifs is 2. The molecule has 0 spiro atoms. The number of rotatable bonds is 4. The first kappa shape index (κ1) is 18.8. The second-order valence-electron chi connectivity index (χ2n) is 7.56. The molecule has 0 saturated carbocycles. The predicted octanol–water partition coefficient (Wildman–Crippen LogP) is 4.63. The Kier molecular flexibility index (Phi) is 4.75. The van der Waals surface area contributed by atoms with E-state index in [2.05, 4.69) is 19.5 Å². The molecule has 0 amide bonds. The number of sulfonamides is 1. The highest BCUT2D eigenvalue weighted by atomic mass is 32.2. The van der Waals surface area contributed by atoms with Gasteiger partial charge < -0.3 is 4.57 Å². The zero-order valence-corrected chi connectivity index (χ0v) is 17.3. The Morgan fingerprint density at radius 1 is 0.833 bits per heavy atom. The summed E-state index contributed by atoms with van der Waals surface area (Å²) in [5.74, 6) is 1.68. The van der Waals surface area contributed by atoms with Crippen LogP contribution in [0.1, 0.15) is 25.1 Å². The summed E-state index contributed by atoms with van der Waals surface area (Å²) in [6.07, 6.45) is 4.24. The van der Waals surface area contributed by atoms with Crippen LogP contribution in [0.15, 0.2) is 71.6 Å². The smallest absolute Gasteiger partial charge is 0.261 e. The number of nitrogens with zero attached hydrogens (tertiary/aromatic N) is 3. The van der Waals surface area contributed by atoms with Crippen molar-refractivity contribution in [1.29, 1.82) is 0 Å². The summed E-state index contributed by atoms with van der Waals surface area (Å²) in [5, 5.41) is 10.6. The van der Waals surface area contributed by atoms with E-state index in [1.165, 1.54) is 6.42 Å². The molecule has 0 fully saturated rings. The summed E-state index contributed by atoms with van der Waals surface area (Å²) < 4.78 is 31.2. The lowest BCUT2D eigenvalue weighted by molar-refractivity contribution is 0.601. The fraction of sp³-hybridized carbons (Fsp3) is 0.217. The molecule has 1 aliphatic heterocycles. The predicted molar refractivity (Wildman–Crippen MR) is 118 cm³/mol. The van der Waals surface area contributed by atoms with Crippen LogP contribution >= 0.6 is 0 Å². The number of hydrogen-bond acceptors (Lipinski definition) is 4. The maximum absolute atomic E-state index is 13.2. The molecule has 0 saturated heterocycles. The van der Waals surface area contributed by atoms with Crippen molar-refractivity contribution in [2.45, 2.75) is 37.1 Å². The Morgan fingerprint density at radius 3 is 2.53 bits per heavy atom. The summed E-state index contributed by atoms with van der Waals surface area (Å²) >= 11 is 0. The van der Waals surface area contributed by atoms with Gasteiger partial charge in [0.1, 0.15) is 5.82 Å². The number of aryl methyl sites for hydroxylation is 1. The summed E-state index contributed by atoms with van der Waals surface area (Å²) in [5.41, 5.74) is 1.24. The molecule has 0 unspecified atom stereocenters. The SMILES string of the molecule is O=S(=O)(Nc1ccccc1-c1nnc2n1CCCCC2)c1ccc2ccccc2c1. The third-order valence-electron chi connectivity index (χ3n) is 5.55. The minimum absolute atomic E-state index is 0.232. The van der Waals surface area contributed by atoms with Gasteiger partial charge in [0.2, 0.25) is 0 Å². The molecule has 1 aromatic heterocycles. The van der Waals surface area contributed by atoms with Gasteiger partial charge in [-0.05, 0) is 47.9 Å². The largest absolute Gasteiger partial charge is 0.311 e. The van der Waals surface area contributed by atoms with Gasteiger partial charge in [0.25, 0.3) is 10.0 Å². The van der Waals surface area contributed by atoms with Crippen molar-refractivity contribution < 1.29 is 8.42 Å². The van der Waals surface area contributed by atoms with Gasteiger partial charge >= 0.3 is 0 Å². The fourth-order valence-corrected chi connectivity index (χ4v) is 5.10. The standard InChI is InChI=1S/C23H22N4O2S/c28-30(29,19-14-13-17-8-3-4-9-18(17)16-19)26-21-11-6-5-10-20(21)23-25-24-22-12-2-1-7-15-27(22)23/h3-6,8-11,13-14,16,26H,1-2,7,12,15H2. The Balaban J connectivity index is 1.53. The van der Waals surface area contributed by atoms with Crippen molar-refractivity contribution in [3.8, 4) is 11.4 Å². The van der Waals surface area contributed by atoms with Crippen LogP contribution in [-0.2, 0) is 23.0 Å². The van der Waals surface area contributed by atoms with Gasteiger partial charge in [-0.25, -0.2) is 8.42 Å². The molecule has 30 heavy (non-hydrogen) atoms. The van der Waals surface area contributed by atoms with Gasteiger partial charge in [0, 0.05) is 18.5 Å². The summed E-state index contributed by atoms with van der Waals surface area (Å²) in [7, 11) is -3.75. The zero-order chi connectivity index (χ0) is 20.6. The van der Waals surface area contributed by atoms with E-state index in [-0.39, 0.29) is 4.90 Å². The van der Waals surface area contributed by atoms with E-state index in [0.717, 1.165) is 48.0 Å². The summed E-state index contributed by atoms with van der Waals surface area (Å²) in [6.45, 7) is 0.851. The molecule has 0 bridgehead atoms. The quantitative estimate of drug-likeness (QED) is 0.524. The molecular weight excluding hydrogens is 396 g/mol. The van der Waals surface area contributed by atoms with E-state index in [0.29, 0.717) is 11.5 Å². The van der Waals surface area contributed by atoms with E-state index in [1.54, 1.807) is 18.2 Å².